The van der Waals surface area contributed by atoms with Gasteiger partial charge in [0.2, 0.25) is 15.9 Å². The summed E-state index contributed by atoms with van der Waals surface area (Å²) in [5, 5.41) is 0.340. The molecule has 1 atom stereocenters. The third kappa shape index (κ3) is 4.20. The van der Waals surface area contributed by atoms with Crippen LogP contribution >= 0.6 is 11.3 Å². The molecule has 26 heavy (non-hydrogen) atoms. The highest BCUT2D eigenvalue weighted by atomic mass is 32.2. The Morgan fingerprint density at radius 1 is 1.46 bits per heavy atom. The Morgan fingerprint density at radius 3 is 2.85 bits per heavy atom. The van der Waals surface area contributed by atoms with E-state index in [4.69, 9.17) is 4.74 Å². The van der Waals surface area contributed by atoms with Crippen molar-refractivity contribution in [1.29, 1.82) is 0 Å². The molecular weight excluding hydrogens is 381 g/mol. The van der Waals surface area contributed by atoms with E-state index < -0.39 is 21.7 Å². The minimum absolute atomic E-state index is 0.139. The molecule has 10 heteroatoms. The molecule has 1 saturated heterocycles. The van der Waals surface area contributed by atoms with Gasteiger partial charge in [-0.15, -0.1) is 0 Å². The van der Waals surface area contributed by atoms with Gasteiger partial charge in [-0.25, -0.2) is 17.8 Å². The number of hydrogen-bond donors (Lipinski definition) is 0. The van der Waals surface area contributed by atoms with Crippen LogP contribution in [0.2, 0.25) is 0 Å². The Balaban J connectivity index is 1.91. The number of nitrogens with zero attached hydrogens (tertiary/aromatic N) is 3. The number of rotatable bonds is 6. The third-order valence-electron chi connectivity index (χ3n) is 4.22. The van der Waals surface area contributed by atoms with Crippen LogP contribution in [-0.2, 0) is 19.6 Å². The normalized spacial score (nSPS) is 17.9. The number of likely N-dealkylation sites (N-methyl/N-ethyl adjacent to an activating group) is 1. The van der Waals surface area contributed by atoms with E-state index in [1.54, 1.807) is 12.1 Å². The summed E-state index contributed by atoms with van der Waals surface area (Å²) in [6.45, 7) is 0.576. The predicted molar refractivity (Wildman–Crippen MR) is 98.4 cm³/mol. The molecular formula is C16H20FN3O4S2. The summed E-state index contributed by atoms with van der Waals surface area (Å²) < 4.78 is 44.4. The van der Waals surface area contributed by atoms with Gasteiger partial charge in [-0.2, -0.15) is 4.31 Å². The maximum atomic E-state index is 14.0. The van der Waals surface area contributed by atoms with E-state index >= 15 is 0 Å². The number of aromatic nitrogens is 1. The molecule has 1 aromatic carbocycles. The first-order valence-electron chi connectivity index (χ1n) is 8.14. The first-order valence-corrected chi connectivity index (χ1v) is 10.8. The predicted octanol–water partition coefficient (Wildman–Crippen LogP) is 1.84. The minimum Gasteiger partial charge on any atom is -0.376 e. The van der Waals surface area contributed by atoms with Crippen LogP contribution in [0.1, 0.15) is 12.8 Å². The Morgan fingerprint density at radius 2 is 2.23 bits per heavy atom. The molecule has 0 bridgehead atoms. The van der Waals surface area contributed by atoms with Crippen molar-refractivity contribution in [3.8, 4) is 0 Å². The molecule has 0 spiro atoms. The topological polar surface area (TPSA) is 79.8 Å². The lowest BCUT2D eigenvalue weighted by molar-refractivity contribution is -0.119. The smallest absolute Gasteiger partial charge is 0.244 e. The Labute approximate surface area is 155 Å². The molecule has 1 aromatic heterocycles. The number of sulfonamides is 1. The highest BCUT2D eigenvalue weighted by Gasteiger charge is 2.28. The number of halogens is 1. The molecule has 2 aromatic rings. The second-order valence-corrected chi connectivity index (χ2v) is 9.34. The van der Waals surface area contributed by atoms with Crippen LogP contribution in [0.15, 0.2) is 18.2 Å². The lowest BCUT2D eigenvalue weighted by atomic mass is 10.2. The van der Waals surface area contributed by atoms with Crippen LogP contribution < -0.4 is 4.90 Å². The number of fused-ring (bicyclic) bond motifs is 1. The van der Waals surface area contributed by atoms with Gasteiger partial charge in [-0.05, 0) is 25.0 Å². The molecule has 3 rings (SSSR count). The summed E-state index contributed by atoms with van der Waals surface area (Å²) in [4.78, 5) is 18.5. The molecule has 1 aliphatic rings. The van der Waals surface area contributed by atoms with Crippen molar-refractivity contribution >= 4 is 42.6 Å². The lowest BCUT2D eigenvalue weighted by Gasteiger charge is -2.25. The largest absolute Gasteiger partial charge is 0.376 e. The molecule has 2 heterocycles. The third-order valence-corrected chi connectivity index (χ3v) is 6.53. The van der Waals surface area contributed by atoms with E-state index in [-0.39, 0.29) is 24.7 Å². The zero-order chi connectivity index (χ0) is 18.9. The van der Waals surface area contributed by atoms with Crippen LogP contribution in [0.5, 0.6) is 0 Å². The number of para-hydroxylation sites is 1. The summed E-state index contributed by atoms with van der Waals surface area (Å²) in [6.07, 6.45) is 2.62. The van der Waals surface area contributed by atoms with Crippen molar-refractivity contribution in [3.05, 3.63) is 24.0 Å². The average Bonchev–Trinajstić information content (AvgIpc) is 3.21. The number of benzene rings is 1. The molecule has 1 amide bonds. The van der Waals surface area contributed by atoms with E-state index in [2.05, 4.69) is 4.98 Å². The molecule has 1 unspecified atom stereocenters. The molecule has 1 aliphatic heterocycles. The second kappa shape index (κ2) is 7.55. The number of anilines is 1. The first-order chi connectivity index (χ1) is 12.3. The van der Waals surface area contributed by atoms with Crippen LogP contribution in [0, 0.1) is 5.82 Å². The van der Waals surface area contributed by atoms with Crippen molar-refractivity contribution < 1.29 is 22.3 Å². The van der Waals surface area contributed by atoms with Crippen molar-refractivity contribution in [3.63, 3.8) is 0 Å². The fourth-order valence-electron chi connectivity index (χ4n) is 2.69. The van der Waals surface area contributed by atoms with Crippen LogP contribution in [0.3, 0.4) is 0 Å². The van der Waals surface area contributed by atoms with Crippen molar-refractivity contribution in [2.45, 2.75) is 18.9 Å². The van der Waals surface area contributed by atoms with Gasteiger partial charge in [0.05, 0.1) is 30.1 Å². The average molecular weight is 401 g/mol. The Hall–Kier alpha value is -1.62. The van der Waals surface area contributed by atoms with E-state index in [0.717, 1.165) is 23.4 Å². The highest BCUT2D eigenvalue weighted by Crippen LogP contribution is 2.31. The minimum atomic E-state index is -3.49. The van der Waals surface area contributed by atoms with Crippen LogP contribution in [0.25, 0.3) is 10.2 Å². The number of ether oxygens (including phenoxy) is 1. The first kappa shape index (κ1) is 19.2. The Kier molecular flexibility index (Phi) is 5.56. The monoisotopic (exact) mass is 401 g/mol. The van der Waals surface area contributed by atoms with Crippen molar-refractivity contribution in [2.24, 2.45) is 0 Å². The summed E-state index contributed by atoms with van der Waals surface area (Å²) >= 11 is 1.20. The summed E-state index contributed by atoms with van der Waals surface area (Å²) in [6, 6.07) is 4.63. The quantitative estimate of drug-likeness (QED) is 0.738. The zero-order valence-electron chi connectivity index (χ0n) is 14.5. The zero-order valence-corrected chi connectivity index (χ0v) is 16.1. The van der Waals surface area contributed by atoms with E-state index in [0.29, 0.717) is 16.4 Å². The molecule has 0 radical (unpaired) electrons. The number of amides is 1. The number of hydrogen-bond acceptors (Lipinski definition) is 6. The molecule has 0 aliphatic carbocycles. The fourth-order valence-corrected chi connectivity index (χ4v) is 4.04. The molecule has 0 N–H and O–H groups in total. The second-order valence-electron chi connectivity index (χ2n) is 6.24. The van der Waals surface area contributed by atoms with Crippen molar-refractivity contribution in [1.82, 2.24) is 9.29 Å². The van der Waals surface area contributed by atoms with Crippen LogP contribution in [0.4, 0.5) is 9.52 Å². The van der Waals surface area contributed by atoms with Crippen molar-refractivity contribution in [2.75, 3.05) is 37.9 Å². The SMILES string of the molecule is CN(CC(=O)N(CC1CCCO1)c1nc2c(F)cccc2s1)S(C)(=O)=O. The van der Waals surface area contributed by atoms with Gasteiger partial charge in [-0.3, -0.25) is 9.69 Å². The van der Waals surface area contributed by atoms with Crippen LogP contribution in [-0.4, -0.2) is 62.7 Å². The summed E-state index contributed by atoms with van der Waals surface area (Å²) in [7, 11) is -2.15. The van der Waals surface area contributed by atoms with Gasteiger partial charge in [0, 0.05) is 13.7 Å². The maximum Gasteiger partial charge on any atom is 0.244 e. The standard InChI is InChI=1S/C16H20FN3O4S2/c1-19(26(2,22)23)10-14(21)20(9-11-5-4-8-24-11)16-18-15-12(17)6-3-7-13(15)25-16/h3,6-7,11H,4-5,8-10H2,1-2H3. The summed E-state index contributed by atoms with van der Waals surface area (Å²) in [5.74, 6) is -0.879. The summed E-state index contributed by atoms with van der Waals surface area (Å²) in [5.41, 5.74) is 0.203. The van der Waals surface area contributed by atoms with Gasteiger partial charge in [0.25, 0.3) is 0 Å². The number of carbonyl (C=O) groups is 1. The lowest BCUT2D eigenvalue weighted by Crippen LogP contribution is -2.44. The van der Waals surface area contributed by atoms with Gasteiger partial charge >= 0.3 is 0 Å². The highest BCUT2D eigenvalue weighted by molar-refractivity contribution is 7.88. The molecule has 142 valence electrons. The Bertz CT molecular complexity index is 909. The molecule has 1 fully saturated rings. The van der Waals surface area contributed by atoms with Gasteiger partial charge in [0.1, 0.15) is 11.3 Å². The van der Waals surface area contributed by atoms with Gasteiger partial charge in [-0.1, -0.05) is 17.4 Å². The number of thiazole rings is 1. The van der Waals surface area contributed by atoms with Gasteiger partial charge in [0.15, 0.2) is 5.13 Å². The molecule has 0 saturated carbocycles. The fraction of sp³-hybridized carbons (Fsp3) is 0.500. The van der Waals surface area contributed by atoms with Gasteiger partial charge < -0.3 is 4.74 Å². The van der Waals surface area contributed by atoms with E-state index in [9.17, 15) is 17.6 Å². The number of carbonyl (C=O) groups excluding carboxylic acids is 1. The van der Waals surface area contributed by atoms with E-state index in [1.165, 1.54) is 29.4 Å². The molecule has 7 nitrogen and oxygen atoms in total. The van der Waals surface area contributed by atoms with E-state index in [1.807, 2.05) is 0 Å². The maximum absolute atomic E-state index is 14.0.